The number of rotatable bonds is 3. The first-order valence-electron chi connectivity index (χ1n) is 7.56. The molecule has 0 saturated carbocycles. The third-order valence-electron chi connectivity index (χ3n) is 3.04. The zero-order valence-corrected chi connectivity index (χ0v) is 24.9. The first-order chi connectivity index (χ1) is 13.2. The fourth-order valence-electron chi connectivity index (χ4n) is 2.18. The minimum absolute atomic E-state index is 0.446. The van der Waals surface area contributed by atoms with E-state index in [0.29, 0.717) is 0 Å². The first-order valence-corrected chi connectivity index (χ1v) is 30.1. The maximum absolute atomic E-state index is 5.04. The van der Waals surface area contributed by atoms with Gasteiger partial charge in [-0.3, -0.25) is 0 Å². The molecule has 0 unspecified atom stereocenters. The van der Waals surface area contributed by atoms with E-state index in [1.54, 1.807) is 0 Å². The molecular formula is C18H15Cl7PRuSn. The Balaban J connectivity index is 0.000000369. The minimum Gasteiger partial charge on any atom is -0.0622 e. The Labute approximate surface area is 203 Å². The molecule has 0 aromatic heterocycles. The molecule has 0 nitrogen and oxygen atoms in total. The van der Waals surface area contributed by atoms with Gasteiger partial charge in [-0.05, 0) is 23.8 Å². The second-order valence-corrected chi connectivity index (χ2v) is 40.5. The van der Waals surface area contributed by atoms with Gasteiger partial charge in [0.05, 0.1) is 0 Å². The molecule has 10 heteroatoms. The van der Waals surface area contributed by atoms with E-state index in [-0.39, 0.29) is 0 Å². The smallest absolute Gasteiger partial charge is 0.0134 e. The van der Waals surface area contributed by atoms with Crippen molar-refractivity contribution in [3.63, 3.8) is 0 Å². The van der Waals surface area contributed by atoms with Crippen LogP contribution in [0.25, 0.3) is 0 Å². The van der Waals surface area contributed by atoms with Crippen LogP contribution in [0.5, 0.6) is 0 Å². The van der Waals surface area contributed by atoms with Gasteiger partial charge < -0.3 is 0 Å². The Morgan fingerprint density at radius 2 is 0.679 bits per heavy atom. The molecule has 0 aliphatic rings. The molecular weight excluding hydrogens is 715 g/mol. The van der Waals surface area contributed by atoms with E-state index >= 15 is 0 Å². The van der Waals surface area contributed by atoms with Crippen LogP contribution in [0.2, 0.25) is 0 Å². The summed E-state index contributed by atoms with van der Waals surface area (Å²) in [5.41, 5.74) is 0. The molecule has 0 fully saturated rings. The summed E-state index contributed by atoms with van der Waals surface area (Å²) in [5.74, 6) is 0. The molecule has 0 saturated heterocycles. The molecule has 0 radical (unpaired) electrons. The SMILES string of the molecule is [Cl][Ru]([Cl])[Cl].[Cl][Sn]([Cl])([Cl])[Cl].c1ccc(P(c2ccccc2)c2ccccc2)cc1. The van der Waals surface area contributed by atoms with Crippen LogP contribution in [-0.2, 0) is 13.0 Å². The van der Waals surface area contributed by atoms with Gasteiger partial charge in [-0.25, -0.2) is 0 Å². The van der Waals surface area contributed by atoms with Gasteiger partial charge in [0.1, 0.15) is 0 Å². The van der Waals surface area contributed by atoms with E-state index in [9.17, 15) is 0 Å². The average molecular weight is 730 g/mol. The molecule has 3 aromatic carbocycles. The molecule has 0 amide bonds. The van der Waals surface area contributed by atoms with Gasteiger partial charge >= 0.3 is 91.6 Å². The standard InChI is InChI=1S/C18H15P.7ClH.Ru.Sn/c1-4-10-16(11-5-1)19(17-12-6-2-7-13-17)18-14-8-3-9-15-18;;;;;;;;;/h1-15H;7*1H;;/q;;;;;;;;+3;+4/p-7. The van der Waals surface area contributed by atoms with Gasteiger partial charge in [-0.1, -0.05) is 91.0 Å². The van der Waals surface area contributed by atoms with Gasteiger partial charge in [0.2, 0.25) is 0 Å². The molecule has 0 atom stereocenters. The number of benzene rings is 3. The van der Waals surface area contributed by atoms with Gasteiger partial charge in [0, 0.05) is 0 Å². The molecule has 0 bridgehead atoms. The van der Waals surface area contributed by atoms with Crippen molar-refractivity contribution in [1.29, 1.82) is 0 Å². The Kier molecular flexibility index (Phi) is 15.1. The van der Waals surface area contributed by atoms with Crippen molar-refractivity contribution < 1.29 is 13.0 Å². The number of hydrogen-bond donors (Lipinski definition) is 0. The van der Waals surface area contributed by atoms with E-state index in [1.807, 2.05) is 0 Å². The summed E-state index contributed by atoms with van der Waals surface area (Å²) < 4.78 is 0. The van der Waals surface area contributed by atoms with Crippen LogP contribution in [0.4, 0.5) is 0 Å². The molecule has 3 rings (SSSR count). The predicted molar refractivity (Wildman–Crippen MR) is 132 cm³/mol. The van der Waals surface area contributed by atoms with Gasteiger partial charge in [-0.2, -0.15) is 0 Å². The normalized spacial score (nSPS) is 10.9. The molecule has 0 aliphatic heterocycles. The van der Waals surface area contributed by atoms with Crippen molar-refractivity contribution in [3.05, 3.63) is 91.0 Å². The van der Waals surface area contributed by atoms with E-state index in [2.05, 4.69) is 91.0 Å². The Morgan fingerprint density at radius 3 is 0.857 bits per heavy atom. The second-order valence-electron chi connectivity index (χ2n) is 4.92. The summed E-state index contributed by atoms with van der Waals surface area (Å²) in [6.45, 7) is 0. The van der Waals surface area contributed by atoms with E-state index in [4.69, 9.17) is 64.8 Å². The predicted octanol–water partition coefficient (Wildman–Crippen LogP) is 7.89. The average Bonchev–Trinajstić information content (AvgIpc) is 2.63. The van der Waals surface area contributed by atoms with Crippen LogP contribution in [0.1, 0.15) is 0 Å². The van der Waals surface area contributed by atoms with Crippen molar-refractivity contribution in [2.45, 2.75) is 0 Å². The number of hydrogen-bond acceptors (Lipinski definition) is 0. The van der Waals surface area contributed by atoms with Crippen LogP contribution < -0.4 is 15.9 Å². The summed E-state index contributed by atoms with van der Waals surface area (Å²) in [4.78, 5) is 0. The third-order valence-corrected chi connectivity index (χ3v) is 5.49. The summed E-state index contributed by atoms with van der Waals surface area (Å²) >= 11 is -5.04. The largest absolute Gasteiger partial charge is 0.0622 e. The van der Waals surface area contributed by atoms with Crippen molar-refractivity contribution in [3.8, 4) is 0 Å². The second kappa shape index (κ2) is 15.4. The Bertz CT molecular complexity index is 672. The first kappa shape index (κ1) is 27.6. The van der Waals surface area contributed by atoms with E-state index < -0.39 is 34.8 Å². The molecule has 0 aliphatic carbocycles. The number of halogens is 7. The summed E-state index contributed by atoms with van der Waals surface area (Å²) in [5, 5.41) is 4.19. The molecule has 28 heavy (non-hydrogen) atoms. The summed E-state index contributed by atoms with van der Waals surface area (Å²) in [6.07, 6.45) is 0. The van der Waals surface area contributed by atoms with Crippen LogP contribution >= 0.6 is 72.7 Å². The Hall–Kier alpha value is 1.54. The fraction of sp³-hybridized carbons (Fsp3) is 0. The molecule has 153 valence electrons. The molecule has 0 heterocycles. The van der Waals surface area contributed by atoms with Crippen LogP contribution in [0.15, 0.2) is 91.0 Å². The molecule has 0 N–H and O–H groups in total. The maximum atomic E-state index is 5.04. The van der Waals surface area contributed by atoms with Crippen molar-refractivity contribution in [1.82, 2.24) is 0 Å². The monoisotopic (exact) mass is 729 g/mol. The van der Waals surface area contributed by atoms with Crippen LogP contribution in [0, 0.1) is 0 Å². The van der Waals surface area contributed by atoms with Crippen molar-refractivity contribution in [2.75, 3.05) is 0 Å². The van der Waals surface area contributed by atoms with Crippen molar-refractivity contribution in [2.24, 2.45) is 0 Å². The van der Waals surface area contributed by atoms with Gasteiger partial charge in [-0.15, -0.1) is 0 Å². The zero-order chi connectivity index (χ0) is 21.0. The Morgan fingerprint density at radius 1 is 0.500 bits per heavy atom. The summed E-state index contributed by atoms with van der Waals surface area (Å²) in [7, 11) is 34.5. The summed E-state index contributed by atoms with van der Waals surface area (Å²) in [6, 6.07) is 32.3. The zero-order valence-electron chi connectivity index (χ0n) is 14.1. The fourth-order valence-corrected chi connectivity index (χ4v) is 4.48. The van der Waals surface area contributed by atoms with Gasteiger partial charge in [0.15, 0.2) is 0 Å². The van der Waals surface area contributed by atoms with E-state index in [1.165, 1.54) is 15.9 Å². The van der Waals surface area contributed by atoms with Crippen LogP contribution in [0.3, 0.4) is 0 Å². The van der Waals surface area contributed by atoms with Gasteiger partial charge in [0.25, 0.3) is 0 Å². The topological polar surface area (TPSA) is 0 Å². The molecule has 0 spiro atoms. The third kappa shape index (κ3) is 13.8. The van der Waals surface area contributed by atoms with Crippen molar-refractivity contribution >= 4 is 102 Å². The minimum atomic E-state index is -3.29. The molecule has 3 aromatic rings. The van der Waals surface area contributed by atoms with Crippen LogP contribution in [-0.4, -0.2) is 13.9 Å². The quantitative estimate of drug-likeness (QED) is 0.190. The maximum Gasteiger partial charge on any atom is -0.0134 e. The van der Waals surface area contributed by atoms with E-state index in [0.717, 1.165) is 0 Å².